The Hall–Kier alpha value is 0.719. The Balaban J connectivity index is -0.0000000150. The van der Waals surface area contributed by atoms with E-state index in [1.54, 1.807) is 0 Å². The molecule has 7 heavy (non-hydrogen) atoms. The van der Waals surface area contributed by atoms with Crippen molar-refractivity contribution in [2.24, 2.45) is 0 Å². The molecule has 0 aliphatic heterocycles. The van der Waals surface area contributed by atoms with Crippen LogP contribution in [0.25, 0.3) is 0 Å². The molecule has 0 saturated heterocycles. The first-order valence-corrected chi connectivity index (χ1v) is 0.548. The molecular formula is CoMnNNiO3-. The van der Waals surface area contributed by atoms with Crippen LogP contribution >= 0.6 is 0 Å². The van der Waals surface area contributed by atoms with Crippen molar-refractivity contribution in [1.29, 1.82) is 0 Å². The van der Waals surface area contributed by atoms with Gasteiger partial charge in [-0.3, -0.25) is 0 Å². The van der Waals surface area contributed by atoms with Gasteiger partial charge in [-0.2, -0.15) is 0 Å². The monoisotopic (exact) mass is 234 g/mol. The predicted molar refractivity (Wildman–Crippen MR) is 10.4 cm³/mol. The van der Waals surface area contributed by atoms with Crippen LogP contribution in [0.3, 0.4) is 0 Å². The second kappa shape index (κ2) is 15.9. The number of hydrogen-bond acceptors (Lipinski definition) is 3. The van der Waals surface area contributed by atoms with E-state index in [9.17, 15) is 0 Å². The second-order valence-electron chi connectivity index (χ2n) is 0.224. The minimum absolute atomic E-state index is 0. The third-order valence-electron chi connectivity index (χ3n) is 0. The molecule has 0 rings (SSSR count). The van der Waals surface area contributed by atoms with Crippen LogP contribution in [0, 0.1) is 15.3 Å². The Kier molecular flexibility index (Phi) is 57.2. The summed E-state index contributed by atoms with van der Waals surface area (Å²) in [5.41, 5.74) is 0. The van der Waals surface area contributed by atoms with Crippen LogP contribution in [-0.4, -0.2) is 5.09 Å². The summed E-state index contributed by atoms with van der Waals surface area (Å²) >= 11 is 0. The van der Waals surface area contributed by atoms with Crippen LogP contribution < -0.4 is 0 Å². The van der Waals surface area contributed by atoms with Crippen LogP contribution in [0.4, 0.5) is 0 Å². The summed E-state index contributed by atoms with van der Waals surface area (Å²) in [6.45, 7) is 0. The van der Waals surface area contributed by atoms with Crippen molar-refractivity contribution in [2.75, 3.05) is 0 Å². The van der Waals surface area contributed by atoms with Gasteiger partial charge in [-0.05, 0) is 0 Å². The van der Waals surface area contributed by atoms with Gasteiger partial charge < -0.3 is 15.3 Å². The van der Waals surface area contributed by atoms with Crippen LogP contribution in [0.1, 0.15) is 0 Å². The first-order valence-electron chi connectivity index (χ1n) is 0.548. The summed E-state index contributed by atoms with van der Waals surface area (Å²) in [5.74, 6) is 0. The molecule has 0 aromatic rings. The van der Waals surface area contributed by atoms with Crippen molar-refractivity contribution in [3.63, 3.8) is 0 Å². The maximum Gasteiger partial charge on any atom is 0.0689 e. The molecule has 2 radical (unpaired) electrons. The minimum atomic E-state index is -1.75. The molecule has 7 heteroatoms. The number of rotatable bonds is 0. The van der Waals surface area contributed by atoms with Crippen molar-refractivity contribution < 1.29 is 55.4 Å². The van der Waals surface area contributed by atoms with Crippen molar-refractivity contribution in [3.8, 4) is 0 Å². The molecule has 50 valence electrons. The molecule has 0 unspecified atom stereocenters. The fourth-order valence-corrected chi connectivity index (χ4v) is 0. The maximum atomic E-state index is 8.25. The molecule has 0 aromatic heterocycles. The van der Waals surface area contributed by atoms with Gasteiger partial charge in [-0.15, -0.1) is 0 Å². The number of hydrogen-bond donors (Lipinski definition) is 0. The average Bonchev–Trinajstić information content (AvgIpc) is 0.811. The Labute approximate surface area is 70.7 Å². The van der Waals surface area contributed by atoms with Gasteiger partial charge in [-0.1, -0.05) is 0 Å². The first-order chi connectivity index (χ1) is 1.73. The summed E-state index contributed by atoms with van der Waals surface area (Å²) in [6.07, 6.45) is 0. The van der Waals surface area contributed by atoms with E-state index in [1.165, 1.54) is 0 Å². The minimum Gasteiger partial charge on any atom is -0.356 e. The molecule has 0 saturated carbocycles. The largest absolute Gasteiger partial charge is 0.356 e. The van der Waals surface area contributed by atoms with E-state index in [0.717, 1.165) is 0 Å². The summed E-state index contributed by atoms with van der Waals surface area (Å²) in [6, 6.07) is 0. The van der Waals surface area contributed by atoms with Gasteiger partial charge in [0.1, 0.15) is 0 Å². The predicted octanol–water partition coefficient (Wildman–Crippen LogP) is -0.247. The van der Waals surface area contributed by atoms with E-state index in [-0.39, 0.29) is 50.3 Å². The maximum absolute atomic E-state index is 8.25. The summed E-state index contributed by atoms with van der Waals surface area (Å²) < 4.78 is 0. The topological polar surface area (TPSA) is 66.2 Å². The van der Waals surface area contributed by atoms with Crippen molar-refractivity contribution in [3.05, 3.63) is 15.3 Å². The van der Waals surface area contributed by atoms with Gasteiger partial charge in [0.25, 0.3) is 0 Å². The standard InChI is InChI=1S/Co.Mn.NO3.Ni/c;;2-1(3)4;/q;;-1;. The second-order valence-corrected chi connectivity index (χ2v) is 0.224. The summed E-state index contributed by atoms with van der Waals surface area (Å²) in [4.78, 5) is 8.25. The molecular weight excluding hydrogens is 235 g/mol. The zero-order chi connectivity index (χ0) is 3.58. The van der Waals surface area contributed by atoms with E-state index in [0.29, 0.717) is 0 Å². The zero-order valence-corrected chi connectivity index (χ0v) is 5.91. The molecule has 0 aliphatic rings. The molecule has 0 atom stereocenters. The van der Waals surface area contributed by atoms with E-state index >= 15 is 0 Å². The van der Waals surface area contributed by atoms with Crippen LogP contribution in [0.5, 0.6) is 0 Å². The van der Waals surface area contributed by atoms with Gasteiger partial charge in [0.05, 0.1) is 5.09 Å². The van der Waals surface area contributed by atoms with Crippen molar-refractivity contribution in [2.45, 2.75) is 0 Å². The van der Waals surface area contributed by atoms with Gasteiger partial charge in [0, 0.05) is 50.3 Å². The molecule has 0 N–H and O–H groups in total. The molecule has 0 aromatic carbocycles. The Morgan fingerprint density at radius 1 is 1.29 bits per heavy atom. The van der Waals surface area contributed by atoms with Crippen LogP contribution in [-0.2, 0) is 50.3 Å². The van der Waals surface area contributed by atoms with Crippen molar-refractivity contribution >= 4 is 0 Å². The molecule has 0 fully saturated rings. The van der Waals surface area contributed by atoms with Gasteiger partial charge in [-0.25, -0.2) is 0 Å². The third kappa shape index (κ3) is 289. The normalized spacial score (nSPS) is 3.43. The molecule has 4 nitrogen and oxygen atoms in total. The molecule has 0 aliphatic carbocycles. The fraction of sp³-hybridized carbons (Fsp3) is 0. The Bertz CT molecular complexity index is 37.9. The van der Waals surface area contributed by atoms with Gasteiger partial charge >= 0.3 is 0 Å². The molecule has 0 spiro atoms. The Morgan fingerprint density at radius 2 is 1.29 bits per heavy atom. The fourth-order valence-electron chi connectivity index (χ4n) is 0. The van der Waals surface area contributed by atoms with E-state index < -0.39 is 5.09 Å². The van der Waals surface area contributed by atoms with Gasteiger partial charge in [0.15, 0.2) is 0 Å². The third-order valence-corrected chi connectivity index (χ3v) is 0. The van der Waals surface area contributed by atoms with Gasteiger partial charge in [0.2, 0.25) is 0 Å². The molecule has 0 amide bonds. The van der Waals surface area contributed by atoms with E-state index in [1.807, 2.05) is 0 Å². The average molecular weight is 235 g/mol. The van der Waals surface area contributed by atoms with E-state index in [4.69, 9.17) is 15.3 Å². The molecule has 0 bridgehead atoms. The van der Waals surface area contributed by atoms with Crippen LogP contribution in [0.2, 0.25) is 0 Å². The zero-order valence-electron chi connectivity index (χ0n) is 2.70. The van der Waals surface area contributed by atoms with Crippen LogP contribution in [0.15, 0.2) is 0 Å². The smallest absolute Gasteiger partial charge is 0.0689 e. The summed E-state index contributed by atoms with van der Waals surface area (Å²) in [7, 11) is 0. The molecule has 0 heterocycles. The first kappa shape index (κ1) is 25.2. The van der Waals surface area contributed by atoms with Crippen molar-refractivity contribution in [1.82, 2.24) is 0 Å². The quantitative estimate of drug-likeness (QED) is 0.330. The Morgan fingerprint density at radius 3 is 1.29 bits per heavy atom. The summed E-state index contributed by atoms with van der Waals surface area (Å²) in [5, 5.41) is 14.8. The SMILES string of the molecule is O=[N+]([O-])[O-].[Co].[Mn].[Ni]. The number of nitrogens with zero attached hydrogens (tertiary/aromatic N) is 1. The van der Waals surface area contributed by atoms with E-state index in [2.05, 4.69) is 0 Å².